The first kappa shape index (κ1) is 21.8. The molecule has 2 aromatic heterocycles. The number of fused-ring (bicyclic) bond motifs is 1. The van der Waals surface area contributed by atoms with Gasteiger partial charge in [-0.25, -0.2) is 4.98 Å². The molecule has 176 valence electrons. The smallest absolute Gasteiger partial charge is 0.151 e. The lowest BCUT2D eigenvalue weighted by atomic mass is 10.0. The SMILES string of the molecule is Cc1cccc(Cl)c1-c1noc(C2CC2)c1COC1CC2CN(c3ccc(C=O)cn3)C[C@@H]2C1. The number of carbonyl (C=O) groups is 1. The summed E-state index contributed by atoms with van der Waals surface area (Å²) in [5, 5.41) is 5.15. The Balaban J connectivity index is 1.14. The van der Waals surface area contributed by atoms with E-state index in [0.29, 0.717) is 34.9 Å². The fraction of sp³-hybridized carbons (Fsp3) is 0.444. The van der Waals surface area contributed by atoms with Gasteiger partial charge in [0, 0.05) is 41.9 Å². The van der Waals surface area contributed by atoms with E-state index in [1.165, 1.54) is 0 Å². The molecule has 7 heteroatoms. The number of anilines is 1. The predicted molar refractivity (Wildman–Crippen MR) is 130 cm³/mol. The van der Waals surface area contributed by atoms with E-state index in [9.17, 15) is 4.79 Å². The highest BCUT2D eigenvalue weighted by Gasteiger charge is 2.42. The predicted octanol–water partition coefficient (Wildman–Crippen LogP) is 5.82. The van der Waals surface area contributed by atoms with Gasteiger partial charge in [0.25, 0.3) is 0 Å². The van der Waals surface area contributed by atoms with Crippen LogP contribution in [0.15, 0.2) is 41.1 Å². The van der Waals surface area contributed by atoms with Crippen molar-refractivity contribution in [2.45, 2.75) is 51.2 Å². The van der Waals surface area contributed by atoms with Crippen LogP contribution >= 0.6 is 11.6 Å². The van der Waals surface area contributed by atoms with Crippen LogP contribution in [-0.2, 0) is 11.3 Å². The average molecular weight is 478 g/mol. The van der Waals surface area contributed by atoms with E-state index in [0.717, 1.165) is 79.0 Å². The first-order chi connectivity index (χ1) is 16.6. The molecule has 1 aliphatic heterocycles. The number of nitrogens with zero attached hydrogens (tertiary/aromatic N) is 3. The van der Waals surface area contributed by atoms with Crippen LogP contribution in [0.5, 0.6) is 0 Å². The summed E-state index contributed by atoms with van der Waals surface area (Å²) in [6.07, 6.45) is 7.13. The Labute approximate surface area is 204 Å². The number of benzene rings is 1. The Bertz CT molecular complexity index is 1170. The van der Waals surface area contributed by atoms with E-state index >= 15 is 0 Å². The molecule has 3 fully saturated rings. The highest BCUT2D eigenvalue weighted by atomic mass is 35.5. The second-order valence-corrected chi connectivity index (χ2v) is 10.4. The van der Waals surface area contributed by atoms with Gasteiger partial charge in [0.05, 0.1) is 17.7 Å². The van der Waals surface area contributed by atoms with Crippen molar-refractivity contribution in [1.29, 1.82) is 0 Å². The second-order valence-electron chi connectivity index (χ2n) is 9.98. The molecule has 3 atom stereocenters. The van der Waals surface area contributed by atoms with E-state index in [2.05, 4.69) is 28.0 Å². The molecule has 3 heterocycles. The van der Waals surface area contributed by atoms with Crippen LogP contribution in [0.2, 0.25) is 5.02 Å². The second kappa shape index (κ2) is 8.82. The van der Waals surface area contributed by atoms with Gasteiger partial charge in [0.2, 0.25) is 0 Å². The van der Waals surface area contributed by atoms with Crippen molar-refractivity contribution in [1.82, 2.24) is 10.1 Å². The topological polar surface area (TPSA) is 68.5 Å². The number of hydrogen-bond donors (Lipinski definition) is 0. The van der Waals surface area contributed by atoms with Gasteiger partial charge in [-0.05, 0) is 68.2 Å². The summed E-state index contributed by atoms with van der Waals surface area (Å²) in [5.41, 5.74) is 4.55. The molecule has 34 heavy (non-hydrogen) atoms. The van der Waals surface area contributed by atoms with E-state index in [4.69, 9.17) is 20.9 Å². The van der Waals surface area contributed by atoms with Gasteiger partial charge in [-0.3, -0.25) is 4.79 Å². The Kier molecular flexibility index (Phi) is 5.66. The number of carbonyl (C=O) groups excluding carboxylic acids is 1. The van der Waals surface area contributed by atoms with Crippen molar-refractivity contribution in [3.8, 4) is 11.3 Å². The molecule has 1 aromatic carbocycles. The summed E-state index contributed by atoms with van der Waals surface area (Å²) in [7, 11) is 0. The Morgan fingerprint density at radius 1 is 1.18 bits per heavy atom. The molecule has 0 amide bonds. The van der Waals surface area contributed by atoms with Crippen molar-refractivity contribution in [3.05, 3.63) is 64.0 Å². The van der Waals surface area contributed by atoms with Crippen molar-refractivity contribution < 1.29 is 14.1 Å². The van der Waals surface area contributed by atoms with Crippen LogP contribution in [0.3, 0.4) is 0 Å². The summed E-state index contributed by atoms with van der Waals surface area (Å²) in [6, 6.07) is 9.71. The van der Waals surface area contributed by atoms with Crippen molar-refractivity contribution >= 4 is 23.7 Å². The number of hydrogen-bond acceptors (Lipinski definition) is 6. The molecule has 3 aliphatic rings. The van der Waals surface area contributed by atoms with Gasteiger partial charge in [-0.15, -0.1) is 0 Å². The van der Waals surface area contributed by atoms with E-state index in [1.54, 1.807) is 6.20 Å². The quantitative estimate of drug-likeness (QED) is 0.399. The molecule has 3 aromatic rings. The van der Waals surface area contributed by atoms with Crippen LogP contribution in [0, 0.1) is 18.8 Å². The van der Waals surface area contributed by atoms with Crippen molar-refractivity contribution in [2.24, 2.45) is 11.8 Å². The summed E-state index contributed by atoms with van der Waals surface area (Å²) in [6.45, 7) is 4.55. The highest BCUT2D eigenvalue weighted by molar-refractivity contribution is 6.33. The Morgan fingerprint density at radius 3 is 2.62 bits per heavy atom. The van der Waals surface area contributed by atoms with Gasteiger partial charge < -0.3 is 14.2 Å². The van der Waals surface area contributed by atoms with E-state index < -0.39 is 0 Å². The number of aryl methyl sites for hydroxylation is 1. The number of rotatable bonds is 7. The van der Waals surface area contributed by atoms with E-state index in [1.807, 2.05) is 24.3 Å². The maximum Gasteiger partial charge on any atom is 0.151 e. The number of ether oxygens (including phenoxy) is 1. The lowest BCUT2D eigenvalue weighted by Crippen LogP contribution is -2.24. The molecular weight excluding hydrogens is 450 g/mol. The van der Waals surface area contributed by atoms with Crippen molar-refractivity contribution in [2.75, 3.05) is 18.0 Å². The average Bonchev–Trinajstić information content (AvgIpc) is 3.31. The molecule has 2 aliphatic carbocycles. The third-order valence-electron chi connectivity index (χ3n) is 7.63. The molecule has 1 saturated heterocycles. The number of halogens is 1. The summed E-state index contributed by atoms with van der Waals surface area (Å²) in [5.74, 6) is 3.60. The van der Waals surface area contributed by atoms with Gasteiger partial charge in [0.15, 0.2) is 6.29 Å². The molecule has 6 rings (SSSR count). The standard InChI is InChI=1S/C27H28ClN3O3/c1-16-3-2-4-23(28)25(16)26-22(27(34-30-26)18-6-7-18)15-33-21-9-19-12-31(13-20(19)10-21)24-8-5-17(14-32)11-29-24/h2-5,8,11,14,18-21H,6-7,9-10,12-13,15H2,1H3/t19-,20?,21?/m0/s1. The van der Waals surface area contributed by atoms with Crippen LogP contribution in [0.4, 0.5) is 5.82 Å². The maximum atomic E-state index is 10.9. The molecular formula is C27H28ClN3O3. The minimum atomic E-state index is 0.240. The minimum absolute atomic E-state index is 0.240. The highest BCUT2D eigenvalue weighted by Crippen LogP contribution is 2.46. The fourth-order valence-electron chi connectivity index (χ4n) is 5.68. The molecule has 0 radical (unpaired) electrons. The van der Waals surface area contributed by atoms with Gasteiger partial charge in [0.1, 0.15) is 17.3 Å². The Hall–Kier alpha value is -2.70. The summed E-state index contributed by atoms with van der Waals surface area (Å²) in [4.78, 5) is 17.7. The number of aromatic nitrogens is 2. The van der Waals surface area contributed by atoms with E-state index in [-0.39, 0.29) is 6.10 Å². The molecule has 6 nitrogen and oxygen atoms in total. The molecule has 0 N–H and O–H groups in total. The monoisotopic (exact) mass is 477 g/mol. The lowest BCUT2D eigenvalue weighted by molar-refractivity contribution is 0.0402. The van der Waals surface area contributed by atoms with Crippen LogP contribution in [0.1, 0.15) is 58.8 Å². The first-order valence-electron chi connectivity index (χ1n) is 12.1. The fourth-order valence-corrected chi connectivity index (χ4v) is 5.99. The molecule has 0 bridgehead atoms. The first-order valence-corrected chi connectivity index (χ1v) is 12.5. The summed E-state index contributed by atoms with van der Waals surface area (Å²) >= 11 is 6.56. The maximum absolute atomic E-state index is 10.9. The van der Waals surface area contributed by atoms with Crippen LogP contribution in [-0.4, -0.2) is 35.6 Å². The largest absolute Gasteiger partial charge is 0.373 e. The number of aldehydes is 1. The molecule has 2 unspecified atom stereocenters. The molecule has 0 spiro atoms. The normalized spacial score (nSPS) is 23.9. The van der Waals surface area contributed by atoms with Crippen molar-refractivity contribution in [3.63, 3.8) is 0 Å². The van der Waals surface area contributed by atoms with Gasteiger partial charge in [-0.1, -0.05) is 28.9 Å². The zero-order valence-electron chi connectivity index (χ0n) is 19.2. The Morgan fingerprint density at radius 2 is 1.97 bits per heavy atom. The summed E-state index contributed by atoms with van der Waals surface area (Å²) < 4.78 is 12.3. The van der Waals surface area contributed by atoms with Gasteiger partial charge in [-0.2, -0.15) is 0 Å². The van der Waals surface area contributed by atoms with Gasteiger partial charge >= 0.3 is 0 Å². The van der Waals surface area contributed by atoms with Crippen LogP contribution in [0.25, 0.3) is 11.3 Å². The zero-order chi connectivity index (χ0) is 23.2. The molecule has 2 saturated carbocycles. The third kappa shape index (κ3) is 4.03. The number of pyridine rings is 1. The third-order valence-corrected chi connectivity index (χ3v) is 7.94. The zero-order valence-corrected chi connectivity index (χ0v) is 20.0. The van der Waals surface area contributed by atoms with Crippen LogP contribution < -0.4 is 4.90 Å². The minimum Gasteiger partial charge on any atom is -0.373 e. The lowest BCUT2D eigenvalue weighted by Gasteiger charge is -2.20.